The Morgan fingerprint density at radius 1 is 1.31 bits per heavy atom. The van der Waals surface area contributed by atoms with Crippen LogP contribution in [0.5, 0.6) is 0 Å². The molecular formula is C12H19B. The summed E-state index contributed by atoms with van der Waals surface area (Å²) < 4.78 is 0. The van der Waals surface area contributed by atoms with Crippen molar-refractivity contribution in [2.45, 2.75) is 39.8 Å². The molecule has 70 valence electrons. The SMILES string of the molecule is CCB(/C=C1\C=CC(C)=CC1)CC. The van der Waals surface area contributed by atoms with Gasteiger partial charge in [0.1, 0.15) is 0 Å². The van der Waals surface area contributed by atoms with E-state index in [9.17, 15) is 0 Å². The van der Waals surface area contributed by atoms with E-state index in [1.807, 2.05) is 0 Å². The van der Waals surface area contributed by atoms with Crippen LogP contribution in [-0.2, 0) is 0 Å². The van der Waals surface area contributed by atoms with Crippen LogP contribution in [-0.4, -0.2) is 6.71 Å². The first kappa shape index (κ1) is 10.4. The number of hydrogen-bond acceptors (Lipinski definition) is 0. The predicted molar refractivity (Wildman–Crippen MR) is 62.3 cm³/mol. The Kier molecular flexibility index (Phi) is 4.07. The molecule has 0 amide bonds. The van der Waals surface area contributed by atoms with Crippen molar-refractivity contribution in [2.24, 2.45) is 0 Å². The van der Waals surface area contributed by atoms with Crippen molar-refractivity contribution in [3.05, 3.63) is 35.3 Å². The quantitative estimate of drug-likeness (QED) is 0.569. The monoisotopic (exact) mass is 174 g/mol. The molecule has 1 aliphatic carbocycles. The largest absolute Gasteiger partial charge is 0.166 e. The summed E-state index contributed by atoms with van der Waals surface area (Å²) in [6.07, 6.45) is 10.4. The van der Waals surface area contributed by atoms with Gasteiger partial charge in [-0.15, -0.1) is 5.98 Å². The molecule has 0 nitrogen and oxygen atoms in total. The molecule has 13 heavy (non-hydrogen) atoms. The molecule has 0 radical (unpaired) electrons. The zero-order valence-corrected chi connectivity index (χ0v) is 9.01. The van der Waals surface area contributed by atoms with Crippen molar-refractivity contribution in [1.82, 2.24) is 0 Å². The fraction of sp³-hybridized carbons (Fsp3) is 0.500. The highest BCUT2D eigenvalue weighted by Gasteiger charge is 2.06. The average molecular weight is 174 g/mol. The summed E-state index contributed by atoms with van der Waals surface area (Å²) in [4.78, 5) is 0. The summed E-state index contributed by atoms with van der Waals surface area (Å²) in [6.45, 7) is 7.45. The number of rotatable bonds is 3. The molecule has 0 N–H and O–H groups in total. The van der Waals surface area contributed by atoms with Gasteiger partial charge in [0.05, 0.1) is 0 Å². The fourth-order valence-electron chi connectivity index (χ4n) is 1.60. The molecule has 0 spiro atoms. The van der Waals surface area contributed by atoms with Gasteiger partial charge in [-0.1, -0.05) is 55.9 Å². The minimum Gasteiger partial charge on any atom is -0.112 e. The molecule has 0 aromatic rings. The molecule has 0 saturated heterocycles. The molecule has 0 atom stereocenters. The first-order valence-corrected chi connectivity index (χ1v) is 5.31. The third-order valence-corrected chi connectivity index (χ3v) is 2.72. The predicted octanol–water partition coefficient (Wildman–Crippen LogP) is 3.89. The Labute approximate surface area is 82.5 Å². The molecule has 1 aliphatic rings. The van der Waals surface area contributed by atoms with Gasteiger partial charge < -0.3 is 0 Å². The Balaban J connectivity index is 2.59. The van der Waals surface area contributed by atoms with E-state index in [2.05, 4.69) is 45.0 Å². The maximum absolute atomic E-state index is 2.43. The lowest BCUT2D eigenvalue weighted by Gasteiger charge is -2.08. The van der Waals surface area contributed by atoms with Crippen LogP contribution in [0.2, 0.25) is 12.6 Å². The molecule has 0 saturated carbocycles. The zero-order valence-electron chi connectivity index (χ0n) is 9.01. The van der Waals surface area contributed by atoms with Crippen molar-refractivity contribution < 1.29 is 0 Å². The summed E-state index contributed by atoms with van der Waals surface area (Å²) in [7, 11) is 0. The minimum atomic E-state index is 0.770. The maximum Gasteiger partial charge on any atom is 0.166 e. The van der Waals surface area contributed by atoms with E-state index in [1.54, 1.807) is 0 Å². The Bertz CT molecular complexity index is 242. The van der Waals surface area contributed by atoms with E-state index in [0.717, 1.165) is 13.1 Å². The van der Waals surface area contributed by atoms with E-state index in [4.69, 9.17) is 0 Å². The molecule has 1 heteroatoms. The highest BCUT2D eigenvalue weighted by molar-refractivity contribution is 6.64. The molecular weight excluding hydrogens is 155 g/mol. The van der Waals surface area contributed by atoms with E-state index in [0.29, 0.717) is 0 Å². The minimum absolute atomic E-state index is 0.770. The van der Waals surface area contributed by atoms with Gasteiger partial charge in [-0.3, -0.25) is 0 Å². The standard InChI is InChI=1S/C12H19B/c1-4-13(5-2)10-12-8-6-11(3)7-9-12/h6-8,10H,4-5,9H2,1-3H3/b12-10+. The molecule has 0 aromatic carbocycles. The van der Waals surface area contributed by atoms with Crippen LogP contribution in [0.4, 0.5) is 0 Å². The topological polar surface area (TPSA) is 0 Å². The van der Waals surface area contributed by atoms with Crippen molar-refractivity contribution >= 4 is 6.71 Å². The Morgan fingerprint density at radius 2 is 2.00 bits per heavy atom. The van der Waals surface area contributed by atoms with Crippen LogP contribution < -0.4 is 0 Å². The first-order chi connectivity index (χ1) is 6.26. The number of allylic oxidation sites excluding steroid dienone is 5. The van der Waals surface area contributed by atoms with Gasteiger partial charge in [0.2, 0.25) is 0 Å². The van der Waals surface area contributed by atoms with Crippen LogP contribution in [0, 0.1) is 0 Å². The molecule has 0 unspecified atom stereocenters. The third-order valence-electron chi connectivity index (χ3n) is 2.72. The molecule has 1 rings (SSSR count). The van der Waals surface area contributed by atoms with Crippen molar-refractivity contribution in [1.29, 1.82) is 0 Å². The fourth-order valence-corrected chi connectivity index (χ4v) is 1.60. The van der Waals surface area contributed by atoms with E-state index < -0.39 is 0 Å². The summed E-state index contributed by atoms with van der Waals surface area (Å²) in [5.74, 6) is 2.43. The smallest absolute Gasteiger partial charge is 0.112 e. The van der Waals surface area contributed by atoms with E-state index >= 15 is 0 Å². The lowest BCUT2D eigenvalue weighted by molar-refractivity contribution is 1.21. The maximum atomic E-state index is 2.43. The molecule has 0 fully saturated rings. The molecule has 0 bridgehead atoms. The van der Waals surface area contributed by atoms with Gasteiger partial charge in [-0.05, 0) is 13.3 Å². The van der Waals surface area contributed by atoms with Crippen LogP contribution >= 0.6 is 0 Å². The van der Waals surface area contributed by atoms with Crippen LogP contribution in [0.3, 0.4) is 0 Å². The van der Waals surface area contributed by atoms with Crippen LogP contribution in [0.15, 0.2) is 35.3 Å². The second-order valence-electron chi connectivity index (χ2n) is 3.80. The molecule has 0 heterocycles. The van der Waals surface area contributed by atoms with Crippen molar-refractivity contribution in [3.8, 4) is 0 Å². The summed E-state index contributed by atoms with van der Waals surface area (Å²) in [5, 5.41) is 0. The Morgan fingerprint density at radius 3 is 2.46 bits per heavy atom. The normalized spacial score (nSPS) is 19.0. The second-order valence-corrected chi connectivity index (χ2v) is 3.80. The summed E-state index contributed by atoms with van der Waals surface area (Å²) in [6, 6.07) is 0. The zero-order chi connectivity index (χ0) is 9.68. The lowest BCUT2D eigenvalue weighted by atomic mass is 9.45. The highest BCUT2D eigenvalue weighted by Crippen LogP contribution is 2.16. The highest BCUT2D eigenvalue weighted by atomic mass is 14.0. The van der Waals surface area contributed by atoms with Crippen molar-refractivity contribution in [2.75, 3.05) is 0 Å². The van der Waals surface area contributed by atoms with Gasteiger partial charge in [0.25, 0.3) is 0 Å². The first-order valence-electron chi connectivity index (χ1n) is 5.31. The average Bonchev–Trinajstić information content (AvgIpc) is 2.17. The summed E-state index contributed by atoms with van der Waals surface area (Å²) in [5.41, 5.74) is 2.88. The van der Waals surface area contributed by atoms with Crippen LogP contribution in [0.25, 0.3) is 0 Å². The van der Waals surface area contributed by atoms with E-state index in [1.165, 1.54) is 23.8 Å². The molecule has 0 aromatic heterocycles. The molecule has 0 aliphatic heterocycles. The van der Waals surface area contributed by atoms with Gasteiger partial charge >= 0.3 is 0 Å². The van der Waals surface area contributed by atoms with E-state index in [-0.39, 0.29) is 0 Å². The van der Waals surface area contributed by atoms with Gasteiger partial charge in [-0.25, -0.2) is 0 Å². The third kappa shape index (κ3) is 3.26. The lowest BCUT2D eigenvalue weighted by Crippen LogP contribution is -2.06. The van der Waals surface area contributed by atoms with Gasteiger partial charge in [0, 0.05) is 0 Å². The van der Waals surface area contributed by atoms with Crippen LogP contribution in [0.1, 0.15) is 27.2 Å². The van der Waals surface area contributed by atoms with Gasteiger partial charge in [0.15, 0.2) is 6.71 Å². The van der Waals surface area contributed by atoms with Crippen molar-refractivity contribution in [3.63, 3.8) is 0 Å². The Hall–Kier alpha value is -0.715. The van der Waals surface area contributed by atoms with Gasteiger partial charge in [-0.2, -0.15) is 0 Å². The summed E-state index contributed by atoms with van der Waals surface area (Å²) >= 11 is 0. The number of hydrogen-bond donors (Lipinski definition) is 0. The second kappa shape index (κ2) is 5.11.